The van der Waals surface area contributed by atoms with E-state index in [-0.39, 0.29) is 5.82 Å². The van der Waals surface area contributed by atoms with Gasteiger partial charge in [-0.2, -0.15) is 5.10 Å². The van der Waals surface area contributed by atoms with Crippen molar-refractivity contribution in [2.24, 2.45) is 5.10 Å². The van der Waals surface area contributed by atoms with Crippen molar-refractivity contribution >= 4 is 28.7 Å². The summed E-state index contributed by atoms with van der Waals surface area (Å²) < 4.78 is 12.9. The summed E-state index contributed by atoms with van der Waals surface area (Å²) in [5.41, 5.74) is 9.25. The zero-order valence-electron chi connectivity index (χ0n) is 10.7. The second kappa shape index (κ2) is 5.13. The fourth-order valence-electron chi connectivity index (χ4n) is 2.22. The Morgan fingerprint density at radius 2 is 1.90 bits per heavy atom. The number of anilines is 2. The van der Waals surface area contributed by atoms with Crippen molar-refractivity contribution in [3.05, 3.63) is 58.9 Å². The van der Waals surface area contributed by atoms with E-state index in [1.54, 1.807) is 24.3 Å². The van der Waals surface area contributed by atoms with Crippen molar-refractivity contribution in [3.63, 3.8) is 0 Å². The highest BCUT2D eigenvalue weighted by atomic mass is 35.5. The molecule has 0 atom stereocenters. The number of halogens is 2. The maximum absolute atomic E-state index is 12.9. The third-order valence-electron chi connectivity index (χ3n) is 3.25. The summed E-state index contributed by atoms with van der Waals surface area (Å²) >= 11 is 6.00. The Kier molecular flexibility index (Phi) is 3.32. The molecule has 3 nitrogen and oxygen atoms in total. The van der Waals surface area contributed by atoms with Crippen molar-refractivity contribution in [3.8, 4) is 0 Å². The number of benzene rings is 2. The summed E-state index contributed by atoms with van der Waals surface area (Å²) in [5, 5.41) is 7.03. The van der Waals surface area contributed by atoms with Crippen molar-refractivity contribution < 1.29 is 4.39 Å². The Balaban J connectivity index is 1.91. The highest BCUT2D eigenvalue weighted by Crippen LogP contribution is 2.26. The van der Waals surface area contributed by atoms with Crippen molar-refractivity contribution in [2.75, 3.05) is 17.3 Å². The van der Waals surface area contributed by atoms with E-state index in [1.807, 2.05) is 11.1 Å². The fourth-order valence-corrected chi connectivity index (χ4v) is 2.40. The molecule has 0 aromatic heterocycles. The first-order valence-electron chi connectivity index (χ1n) is 6.29. The molecule has 0 radical (unpaired) electrons. The minimum absolute atomic E-state index is 0.253. The van der Waals surface area contributed by atoms with Gasteiger partial charge in [-0.15, -0.1) is 0 Å². The van der Waals surface area contributed by atoms with Gasteiger partial charge in [-0.25, -0.2) is 4.39 Å². The van der Waals surface area contributed by atoms with Gasteiger partial charge < -0.3 is 5.73 Å². The highest BCUT2D eigenvalue weighted by molar-refractivity contribution is 6.31. The highest BCUT2D eigenvalue weighted by Gasteiger charge is 2.19. The predicted molar refractivity (Wildman–Crippen MR) is 80.8 cm³/mol. The lowest BCUT2D eigenvalue weighted by atomic mass is 10.1. The number of hydrazone groups is 1. The Morgan fingerprint density at radius 3 is 2.65 bits per heavy atom. The van der Waals surface area contributed by atoms with Gasteiger partial charge in [0.05, 0.1) is 11.4 Å². The van der Waals surface area contributed by atoms with Crippen molar-refractivity contribution in [2.45, 2.75) is 6.42 Å². The van der Waals surface area contributed by atoms with Gasteiger partial charge in [0.1, 0.15) is 5.82 Å². The van der Waals surface area contributed by atoms with Crippen LogP contribution in [-0.4, -0.2) is 12.3 Å². The molecule has 0 spiro atoms. The van der Waals surface area contributed by atoms with Crippen LogP contribution in [0.2, 0.25) is 5.02 Å². The number of nitrogens with zero attached hydrogens (tertiary/aromatic N) is 2. The molecular weight excluding hydrogens is 277 g/mol. The van der Waals surface area contributed by atoms with E-state index in [9.17, 15) is 4.39 Å². The van der Waals surface area contributed by atoms with E-state index >= 15 is 0 Å². The summed E-state index contributed by atoms with van der Waals surface area (Å²) in [6.45, 7) is 0.743. The summed E-state index contributed by atoms with van der Waals surface area (Å²) in [6, 6.07) is 11.6. The lowest BCUT2D eigenvalue weighted by Gasteiger charge is -2.12. The molecule has 2 N–H and O–H groups in total. The van der Waals surface area contributed by atoms with Crippen LogP contribution in [0, 0.1) is 5.82 Å². The normalized spacial score (nSPS) is 14.5. The average molecular weight is 290 g/mol. The predicted octanol–water partition coefficient (Wildman–Crippen LogP) is 3.68. The summed E-state index contributed by atoms with van der Waals surface area (Å²) in [4.78, 5) is 0. The Morgan fingerprint density at radius 1 is 1.15 bits per heavy atom. The van der Waals surface area contributed by atoms with Gasteiger partial charge in [-0.3, -0.25) is 5.01 Å². The molecule has 1 aliphatic rings. The lowest BCUT2D eigenvalue weighted by molar-refractivity contribution is 0.627. The zero-order chi connectivity index (χ0) is 14.1. The maximum atomic E-state index is 12.9. The summed E-state index contributed by atoms with van der Waals surface area (Å²) in [5.74, 6) is -0.253. The minimum Gasteiger partial charge on any atom is -0.398 e. The van der Waals surface area contributed by atoms with Crippen LogP contribution in [-0.2, 0) is 0 Å². The van der Waals surface area contributed by atoms with E-state index in [2.05, 4.69) is 5.10 Å². The Labute approximate surface area is 121 Å². The third-order valence-corrected chi connectivity index (χ3v) is 3.49. The van der Waals surface area contributed by atoms with Gasteiger partial charge in [0, 0.05) is 29.2 Å². The first kappa shape index (κ1) is 12.9. The summed E-state index contributed by atoms with van der Waals surface area (Å²) in [7, 11) is 0. The number of hydrogen-bond acceptors (Lipinski definition) is 3. The number of rotatable bonds is 2. The molecule has 0 fully saturated rings. The number of hydrogen-bond donors (Lipinski definition) is 1. The topological polar surface area (TPSA) is 41.6 Å². The van der Waals surface area contributed by atoms with Gasteiger partial charge in [-0.05, 0) is 42.5 Å². The monoisotopic (exact) mass is 289 g/mol. The molecule has 0 aliphatic carbocycles. The molecule has 2 aromatic rings. The van der Waals surface area contributed by atoms with Gasteiger partial charge in [0.15, 0.2) is 0 Å². The molecule has 0 bridgehead atoms. The van der Waals surface area contributed by atoms with Crippen LogP contribution in [0.3, 0.4) is 0 Å². The van der Waals surface area contributed by atoms with Crippen LogP contribution in [0.25, 0.3) is 0 Å². The van der Waals surface area contributed by atoms with Gasteiger partial charge in [-0.1, -0.05) is 11.6 Å². The van der Waals surface area contributed by atoms with Crippen LogP contribution in [0.5, 0.6) is 0 Å². The molecule has 0 unspecified atom stereocenters. The largest absolute Gasteiger partial charge is 0.398 e. The van der Waals surface area contributed by atoms with Crippen LogP contribution < -0.4 is 10.7 Å². The molecule has 0 saturated carbocycles. The second-order valence-corrected chi connectivity index (χ2v) is 5.06. The fraction of sp³-hybridized carbons (Fsp3) is 0.133. The standard InChI is InChI=1S/C15H13ClFN3/c16-10-1-6-14(18)13(9-10)15-7-8-20(19-15)12-4-2-11(17)3-5-12/h1-6,9H,7-8,18H2. The first-order chi connectivity index (χ1) is 9.63. The molecule has 1 heterocycles. The Hall–Kier alpha value is -2.07. The SMILES string of the molecule is Nc1ccc(Cl)cc1C1=NN(c2ccc(F)cc2)CC1. The number of nitrogens with two attached hydrogens (primary N) is 1. The zero-order valence-corrected chi connectivity index (χ0v) is 11.4. The minimum atomic E-state index is -0.253. The van der Waals surface area contributed by atoms with Crippen LogP contribution in [0.1, 0.15) is 12.0 Å². The molecule has 3 rings (SSSR count). The molecule has 0 amide bonds. The molecule has 0 saturated heterocycles. The van der Waals surface area contributed by atoms with E-state index < -0.39 is 0 Å². The van der Waals surface area contributed by atoms with Crippen molar-refractivity contribution in [1.82, 2.24) is 0 Å². The lowest BCUT2D eigenvalue weighted by Crippen LogP contribution is -2.11. The van der Waals surface area contributed by atoms with Crippen LogP contribution in [0.15, 0.2) is 47.6 Å². The van der Waals surface area contributed by atoms with Crippen molar-refractivity contribution in [1.29, 1.82) is 0 Å². The smallest absolute Gasteiger partial charge is 0.123 e. The first-order valence-corrected chi connectivity index (χ1v) is 6.67. The van der Waals surface area contributed by atoms with Gasteiger partial charge in [0.2, 0.25) is 0 Å². The molecule has 20 heavy (non-hydrogen) atoms. The van der Waals surface area contributed by atoms with Crippen LogP contribution in [0.4, 0.5) is 15.8 Å². The van der Waals surface area contributed by atoms with E-state index in [1.165, 1.54) is 12.1 Å². The summed E-state index contributed by atoms with van der Waals surface area (Å²) in [6.07, 6.45) is 0.780. The molecule has 2 aromatic carbocycles. The van der Waals surface area contributed by atoms with E-state index in [4.69, 9.17) is 17.3 Å². The quantitative estimate of drug-likeness (QED) is 0.857. The maximum Gasteiger partial charge on any atom is 0.123 e. The Bertz CT molecular complexity index is 667. The van der Waals surface area contributed by atoms with Gasteiger partial charge in [0.25, 0.3) is 0 Å². The van der Waals surface area contributed by atoms with E-state index in [0.29, 0.717) is 10.7 Å². The van der Waals surface area contributed by atoms with Gasteiger partial charge >= 0.3 is 0 Å². The van der Waals surface area contributed by atoms with Crippen LogP contribution >= 0.6 is 11.6 Å². The molecule has 1 aliphatic heterocycles. The third kappa shape index (κ3) is 2.47. The second-order valence-electron chi connectivity index (χ2n) is 4.63. The molecular formula is C15H13ClFN3. The molecule has 5 heteroatoms. The number of nitrogen functional groups attached to an aromatic ring is 1. The molecule has 102 valence electrons. The average Bonchev–Trinajstić information content (AvgIpc) is 2.92. The van der Waals surface area contributed by atoms with E-state index in [0.717, 1.165) is 29.9 Å².